The van der Waals surface area contributed by atoms with Gasteiger partial charge in [0.15, 0.2) is 11.5 Å². The van der Waals surface area contributed by atoms with Crippen molar-refractivity contribution in [2.45, 2.75) is 32.7 Å². The standard InChI is InChI=1S/C33H31ClN4O6/c1-20-24(3-2-4-26(20)23-5-6-30-32(11-23)43-8-7-42-30)16-37-28-12-31(44-19-22-9-21(13-35)14-36-15-22)25(10-27(28)34)17-38-29(18-39)33(40)41/h2-6,9-12,14-15,29,37-39H,7-8,16-19H2,1H3,(H,40,41)/t29-/m1/s1. The first kappa shape index (κ1) is 30.6. The molecule has 0 saturated heterocycles. The van der Waals surface area contributed by atoms with Crippen LogP contribution in [0.5, 0.6) is 17.2 Å². The minimum Gasteiger partial charge on any atom is -0.488 e. The summed E-state index contributed by atoms with van der Waals surface area (Å²) in [6.45, 7) is 3.23. The highest BCUT2D eigenvalue weighted by Gasteiger charge is 2.18. The fraction of sp³-hybridized carbons (Fsp3) is 0.242. The van der Waals surface area contributed by atoms with E-state index in [1.807, 2.05) is 30.3 Å². The van der Waals surface area contributed by atoms with Crippen LogP contribution in [0.2, 0.25) is 5.02 Å². The average Bonchev–Trinajstić information content (AvgIpc) is 3.04. The number of rotatable bonds is 12. The zero-order chi connectivity index (χ0) is 31.1. The first-order valence-electron chi connectivity index (χ1n) is 13.9. The molecule has 0 bridgehead atoms. The quantitative estimate of drug-likeness (QED) is 0.170. The van der Waals surface area contributed by atoms with E-state index in [1.165, 1.54) is 6.20 Å². The second-order valence-electron chi connectivity index (χ2n) is 10.2. The number of ether oxygens (including phenoxy) is 3. The number of aromatic nitrogens is 1. The number of aliphatic hydroxyl groups excluding tert-OH is 1. The Kier molecular flexibility index (Phi) is 9.82. The summed E-state index contributed by atoms with van der Waals surface area (Å²) in [7, 11) is 0. The van der Waals surface area contributed by atoms with Crippen LogP contribution in [0.25, 0.3) is 11.1 Å². The Balaban J connectivity index is 1.37. The molecule has 0 fully saturated rings. The Morgan fingerprint density at radius 2 is 1.91 bits per heavy atom. The highest BCUT2D eigenvalue weighted by atomic mass is 35.5. The number of hydrogen-bond acceptors (Lipinski definition) is 9. The van der Waals surface area contributed by atoms with E-state index in [2.05, 4.69) is 34.7 Å². The van der Waals surface area contributed by atoms with Gasteiger partial charge in [0, 0.05) is 42.7 Å². The first-order chi connectivity index (χ1) is 21.4. The normalized spacial score (nSPS) is 12.7. The minimum atomic E-state index is -1.17. The van der Waals surface area contributed by atoms with Crippen molar-refractivity contribution < 1.29 is 29.2 Å². The fourth-order valence-electron chi connectivity index (χ4n) is 4.84. The van der Waals surface area contributed by atoms with Gasteiger partial charge in [0.2, 0.25) is 0 Å². The van der Waals surface area contributed by atoms with Crippen LogP contribution in [-0.2, 0) is 24.5 Å². The van der Waals surface area contributed by atoms with Gasteiger partial charge in [-0.25, -0.2) is 0 Å². The number of aliphatic carboxylic acids is 1. The van der Waals surface area contributed by atoms with Crippen molar-refractivity contribution in [3.63, 3.8) is 0 Å². The third kappa shape index (κ3) is 7.21. The smallest absolute Gasteiger partial charge is 0.323 e. The van der Waals surface area contributed by atoms with E-state index >= 15 is 0 Å². The molecule has 5 rings (SSSR count). The van der Waals surface area contributed by atoms with Crippen molar-refractivity contribution in [2.75, 3.05) is 25.1 Å². The molecule has 4 aromatic rings. The van der Waals surface area contributed by atoms with E-state index in [0.717, 1.165) is 33.8 Å². The molecular formula is C33H31ClN4O6. The number of carboxylic acid groups (broad SMARTS) is 1. The molecule has 226 valence electrons. The second kappa shape index (κ2) is 14.1. The van der Waals surface area contributed by atoms with Crippen molar-refractivity contribution >= 4 is 23.3 Å². The molecule has 0 aliphatic carbocycles. The molecule has 3 aromatic carbocycles. The summed E-state index contributed by atoms with van der Waals surface area (Å²) in [6.07, 6.45) is 3.08. The second-order valence-corrected chi connectivity index (χ2v) is 10.6. The minimum absolute atomic E-state index is 0.0834. The van der Waals surface area contributed by atoms with Crippen LogP contribution in [0.1, 0.15) is 27.8 Å². The maximum atomic E-state index is 11.4. The predicted molar refractivity (Wildman–Crippen MR) is 165 cm³/mol. The van der Waals surface area contributed by atoms with Crippen molar-refractivity contribution in [1.29, 1.82) is 5.26 Å². The molecule has 10 nitrogen and oxygen atoms in total. The van der Waals surface area contributed by atoms with Crippen LogP contribution in [0.3, 0.4) is 0 Å². The van der Waals surface area contributed by atoms with Crippen LogP contribution in [-0.4, -0.2) is 47.0 Å². The zero-order valence-corrected chi connectivity index (χ0v) is 24.7. The number of pyridine rings is 1. The van der Waals surface area contributed by atoms with Gasteiger partial charge >= 0.3 is 5.97 Å². The Morgan fingerprint density at radius 3 is 2.68 bits per heavy atom. The molecular weight excluding hydrogens is 584 g/mol. The number of carbonyl (C=O) groups is 1. The summed E-state index contributed by atoms with van der Waals surface area (Å²) in [5.41, 5.74) is 6.58. The summed E-state index contributed by atoms with van der Waals surface area (Å²) < 4.78 is 17.6. The van der Waals surface area contributed by atoms with E-state index in [0.29, 0.717) is 52.9 Å². The van der Waals surface area contributed by atoms with E-state index in [1.54, 1.807) is 24.4 Å². The molecule has 1 aliphatic rings. The van der Waals surface area contributed by atoms with Crippen molar-refractivity contribution in [2.24, 2.45) is 0 Å². The van der Waals surface area contributed by atoms with Gasteiger partial charge in [0.05, 0.1) is 22.9 Å². The summed E-state index contributed by atoms with van der Waals surface area (Å²) in [5, 5.41) is 34.6. The number of benzene rings is 3. The van der Waals surface area contributed by atoms with Gasteiger partial charge < -0.3 is 29.7 Å². The Hall–Kier alpha value is -4.82. The highest BCUT2D eigenvalue weighted by Crippen LogP contribution is 2.37. The van der Waals surface area contributed by atoms with Gasteiger partial charge in [0.1, 0.15) is 37.7 Å². The Morgan fingerprint density at radius 1 is 1.09 bits per heavy atom. The zero-order valence-electron chi connectivity index (χ0n) is 24.0. The van der Waals surface area contributed by atoms with Gasteiger partial charge in [0.25, 0.3) is 0 Å². The number of aliphatic hydroxyl groups is 1. The lowest BCUT2D eigenvalue weighted by atomic mass is 9.96. The molecule has 0 unspecified atom stereocenters. The maximum absolute atomic E-state index is 11.4. The largest absolute Gasteiger partial charge is 0.488 e. The van der Waals surface area contributed by atoms with Crippen LogP contribution in [0.4, 0.5) is 5.69 Å². The van der Waals surface area contributed by atoms with Gasteiger partial charge in [-0.2, -0.15) is 5.26 Å². The Bertz CT molecular complexity index is 1710. The molecule has 1 aromatic heterocycles. The number of fused-ring (bicyclic) bond motifs is 1. The summed E-state index contributed by atoms with van der Waals surface area (Å²) in [5.74, 6) is 0.753. The number of carboxylic acids is 1. The molecule has 44 heavy (non-hydrogen) atoms. The number of nitrogens with one attached hydrogen (secondary N) is 2. The molecule has 0 amide bonds. The molecule has 0 saturated carbocycles. The van der Waals surface area contributed by atoms with Crippen LogP contribution in [0.15, 0.2) is 67.0 Å². The molecule has 0 radical (unpaired) electrons. The number of anilines is 1. The van der Waals surface area contributed by atoms with Gasteiger partial charge in [-0.1, -0.05) is 35.9 Å². The van der Waals surface area contributed by atoms with Crippen LogP contribution < -0.4 is 24.8 Å². The SMILES string of the molecule is Cc1c(CNc2cc(OCc3cncc(C#N)c3)c(CN[C@H](CO)C(=O)O)cc2Cl)cccc1-c1ccc2c(c1)OCCO2. The van der Waals surface area contributed by atoms with E-state index in [9.17, 15) is 20.3 Å². The third-order valence-electron chi connectivity index (χ3n) is 7.26. The van der Waals surface area contributed by atoms with Crippen LogP contribution >= 0.6 is 11.6 Å². The van der Waals surface area contributed by atoms with Gasteiger partial charge in [-0.15, -0.1) is 0 Å². The summed E-state index contributed by atoms with van der Waals surface area (Å²) >= 11 is 6.69. The highest BCUT2D eigenvalue weighted by molar-refractivity contribution is 6.33. The average molecular weight is 615 g/mol. The topological polar surface area (TPSA) is 146 Å². The monoisotopic (exact) mass is 614 g/mol. The number of hydrogen-bond donors (Lipinski definition) is 4. The number of nitriles is 1. The molecule has 1 atom stereocenters. The van der Waals surface area contributed by atoms with Crippen molar-refractivity contribution in [3.05, 3.63) is 99.8 Å². The van der Waals surface area contributed by atoms with E-state index < -0.39 is 18.6 Å². The fourth-order valence-corrected chi connectivity index (χ4v) is 5.10. The van der Waals surface area contributed by atoms with Crippen molar-refractivity contribution in [3.8, 4) is 34.4 Å². The molecule has 0 spiro atoms. The number of nitrogens with zero attached hydrogens (tertiary/aromatic N) is 2. The molecule has 1 aliphatic heterocycles. The maximum Gasteiger partial charge on any atom is 0.323 e. The van der Waals surface area contributed by atoms with Crippen molar-refractivity contribution in [1.82, 2.24) is 10.3 Å². The summed E-state index contributed by atoms with van der Waals surface area (Å²) in [6, 6.07) is 18.1. The predicted octanol–water partition coefficient (Wildman–Crippen LogP) is 5.08. The molecule has 2 heterocycles. The first-order valence-corrected chi connectivity index (χ1v) is 14.3. The van der Waals surface area contributed by atoms with Gasteiger partial charge in [-0.3, -0.25) is 15.1 Å². The summed E-state index contributed by atoms with van der Waals surface area (Å²) in [4.78, 5) is 15.5. The van der Waals surface area contributed by atoms with Crippen LogP contribution in [0, 0.1) is 18.3 Å². The molecule has 11 heteroatoms. The third-order valence-corrected chi connectivity index (χ3v) is 7.57. The van der Waals surface area contributed by atoms with E-state index in [4.69, 9.17) is 25.8 Å². The molecule has 4 N–H and O–H groups in total. The lowest BCUT2D eigenvalue weighted by Crippen LogP contribution is -2.39. The lowest BCUT2D eigenvalue weighted by molar-refractivity contribution is -0.140. The lowest BCUT2D eigenvalue weighted by Gasteiger charge is -2.20. The van der Waals surface area contributed by atoms with E-state index in [-0.39, 0.29) is 13.2 Å². The van der Waals surface area contributed by atoms with Gasteiger partial charge in [-0.05, 0) is 53.4 Å². The Labute approximate surface area is 259 Å². The number of halogens is 1.